The largest absolute Gasteiger partial charge is 0.373 e. The minimum atomic E-state index is -0.202. The van der Waals surface area contributed by atoms with Crippen LogP contribution in [0, 0.1) is 5.82 Å². The summed E-state index contributed by atoms with van der Waals surface area (Å²) in [6.45, 7) is 2.60. The third kappa shape index (κ3) is 3.23. The Labute approximate surface area is 91.4 Å². The van der Waals surface area contributed by atoms with Crippen LogP contribution in [0.4, 0.5) is 4.39 Å². The summed E-state index contributed by atoms with van der Waals surface area (Å²) in [5.41, 5.74) is 0.913. The van der Waals surface area contributed by atoms with Crippen molar-refractivity contribution in [3.05, 3.63) is 35.6 Å². The zero-order valence-electron chi connectivity index (χ0n) is 7.47. The summed E-state index contributed by atoms with van der Waals surface area (Å²) in [4.78, 5) is 0. The molecule has 1 aromatic carbocycles. The molecule has 1 nitrogen and oxygen atoms in total. The molecule has 1 atom stereocenters. The summed E-state index contributed by atoms with van der Waals surface area (Å²) in [6, 6.07) is 6.57. The van der Waals surface area contributed by atoms with Crippen LogP contribution in [-0.4, -0.2) is 11.0 Å². The third-order valence-electron chi connectivity index (χ3n) is 1.73. The molecule has 1 unspecified atom stereocenters. The van der Waals surface area contributed by atoms with Crippen LogP contribution in [-0.2, 0) is 4.74 Å². The highest BCUT2D eigenvalue weighted by molar-refractivity contribution is 14.1. The molecule has 0 spiro atoms. The van der Waals surface area contributed by atoms with E-state index in [0.29, 0.717) is 6.61 Å². The Balaban J connectivity index is 2.78. The van der Waals surface area contributed by atoms with E-state index in [1.165, 1.54) is 12.1 Å². The molecule has 0 aromatic heterocycles. The first-order valence-electron chi connectivity index (χ1n) is 4.21. The molecule has 3 heteroatoms. The van der Waals surface area contributed by atoms with Gasteiger partial charge in [0.1, 0.15) is 5.82 Å². The van der Waals surface area contributed by atoms with Gasteiger partial charge < -0.3 is 4.74 Å². The first-order chi connectivity index (χ1) is 6.27. The van der Waals surface area contributed by atoms with E-state index in [0.717, 1.165) is 9.99 Å². The lowest BCUT2D eigenvalue weighted by atomic mass is 10.1. The van der Waals surface area contributed by atoms with E-state index >= 15 is 0 Å². The fraction of sp³-hybridized carbons (Fsp3) is 0.400. The van der Waals surface area contributed by atoms with Crippen molar-refractivity contribution >= 4 is 22.6 Å². The van der Waals surface area contributed by atoms with E-state index in [-0.39, 0.29) is 11.9 Å². The molecule has 0 amide bonds. The highest BCUT2D eigenvalue weighted by atomic mass is 127. The van der Waals surface area contributed by atoms with Gasteiger partial charge in [-0.1, -0.05) is 34.7 Å². The van der Waals surface area contributed by atoms with Gasteiger partial charge in [-0.15, -0.1) is 0 Å². The third-order valence-corrected chi connectivity index (χ3v) is 2.53. The molecule has 0 heterocycles. The van der Waals surface area contributed by atoms with Gasteiger partial charge in [0.05, 0.1) is 6.10 Å². The maximum Gasteiger partial charge on any atom is 0.123 e. The molecular weight excluding hydrogens is 282 g/mol. The number of hydrogen-bond donors (Lipinski definition) is 0. The Kier molecular flexibility index (Phi) is 4.66. The lowest BCUT2D eigenvalue weighted by Gasteiger charge is -2.14. The molecule has 0 aliphatic heterocycles. The van der Waals surface area contributed by atoms with Crippen molar-refractivity contribution in [1.82, 2.24) is 0 Å². The standard InChI is InChI=1S/C10H12FIO/c1-2-13-10(7-12)8-4-3-5-9(11)6-8/h3-6,10H,2,7H2,1H3. The van der Waals surface area contributed by atoms with Crippen LogP contribution in [0.1, 0.15) is 18.6 Å². The van der Waals surface area contributed by atoms with Gasteiger partial charge in [-0.2, -0.15) is 0 Å². The maximum atomic E-state index is 12.8. The predicted molar refractivity (Wildman–Crippen MR) is 59.7 cm³/mol. The minimum absolute atomic E-state index is 0.0151. The van der Waals surface area contributed by atoms with Crippen molar-refractivity contribution in [3.63, 3.8) is 0 Å². The molecule has 0 saturated carbocycles. The first kappa shape index (κ1) is 10.9. The predicted octanol–water partition coefficient (Wildman–Crippen LogP) is 3.34. The Morgan fingerprint density at radius 2 is 2.31 bits per heavy atom. The quantitative estimate of drug-likeness (QED) is 0.611. The van der Waals surface area contributed by atoms with Crippen LogP contribution in [0.2, 0.25) is 0 Å². The van der Waals surface area contributed by atoms with Crippen molar-refractivity contribution < 1.29 is 9.13 Å². The van der Waals surface area contributed by atoms with Crippen LogP contribution in [0.5, 0.6) is 0 Å². The summed E-state index contributed by atoms with van der Waals surface area (Å²) in [5, 5.41) is 0. The smallest absolute Gasteiger partial charge is 0.123 e. The highest BCUT2D eigenvalue weighted by Gasteiger charge is 2.09. The van der Waals surface area contributed by atoms with Gasteiger partial charge in [0, 0.05) is 11.0 Å². The van der Waals surface area contributed by atoms with E-state index in [1.54, 1.807) is 6.07 Å². The number of ether oxygens (including phenoxy) is 1. The topological polar surface area (TPSA) is 9.23 Å². The average Bonchev–Trinajstić information content (AvgIpc) is 2.14. The fourth-order valence-electron chi connectivity index (χ4n) is 1.14. The van der Waals surface area contributed by atoms with Gasteiger partial charge in [-0.25, -0.2) is 4.39 Å². The lowest BCUT2D eigenvalue weighted by Crippen LogP contribution is -2.05. The molecule has 0 fully saturated rings. The van der Waals surface area contributed by atoms with Crippen molar-refractivity contribution in [3.8, 4) is 0 Å². The Bertz CT molecular complexity index is 265. The molecule has 13 heavy (non-hydrogen) atoms. The monoisotopic (exact) mass is 294 g/mol. The summed E-state index contributed by atoms with van der Waals surface area (Å²) in [6.07, 6.45) is 0.0151. The van der Waals surface area contributed by atoms with Gasteiger partial charge in [-0.3, -0.25) is 0 Å². The summed E-state index contributed by atoms with van der Waals surface area (Å²) in [5.74, 6) is -0.202. The summed E-state index contributed by atoms with van der Waals surface area (Å²) < 4.78 is 19.1. The second kappa shape index (κ2) is 5.54. The van der Waals surface area contributed by atoms with Crippen molar-refractivity contribution in [2.45, 2.75) is 13.0 Å². The van der Waals surface area contributed by atoms with E-state index in [9.17, 15) is 4.39 Å². The molecule has 0 aliphatic carbocycles. The molecule has 0 radical (unpaired) electrons. The second-order valence-electron chi connectivity index (χ2n) is 2.65. The minimum Gasteiger partial charge on any atom is -0.373 e. The Morgan fingerprint density at radius 3 is 2.85 bits per heavy atom. The van der Waals surface area contributed by atoms with Crippen LogP contribution in [0.3, 0.4) is 0 Å². The zero-order valence-corrected chi connectivity index (χ0v) is 9.62. The van der Waals surface area contributed by atoms with Gasteiger partial charge in [0.25, 0.3) is 0 Å². The van der Waals surface area contributed by atoms with Gasteiger partial charge >= 0.3 is 0 Å². The van der Waals surface area contributed by atoms with E-state index in [2.05, 4.69) is 22.6 Å². The van der Waals surface area contributed by atoms with Crippen molar-refractivity contribution in [1.29, 1.82) is 0 Å². The second-order valence-corrected chi connectivity index (χ2v) is 3.53. The van der Waals surface area contributed by atoms with Crippen LogP contribution >= 0.6 is 22.6 Å². The van der Waals surface area contributed by atoms with E-state index in [1.807, 2.05) is 13.0 Å². The molecule has 72 valence electrons. The van der Waals surface area contributed by atoms with E-state index in [4.69, 9.17) is 4.74 Å². The number of halogens is 2. The zero-order chi connectivity index (χ0) is 9.68. The molecule has 0 saturated heterocycles. The lowest BCUT2D eigenvalue weighted by molar-refractivity contribution is 0.0816. The van der Waals surface area contributed by atoms with Gasteiger partial charge in [-0.05, 0) is 24.6 Å². The molecule has 0 N–H and O–H groups in total. The first-order valence-corrected chi connectivity index (χ1v) is 5.73. The molecule has 1 rings (SSSR count). The van der Waals surface area contributed by atoms with E-state index < -0.39 is 0 Å². The van der Waals surface area contributed by atoms with Gasteiger partial charge in [0.2, 0.25) is 0 Å². The van der Waals surface area contributed by atoms with Crippen LogP contribution in [0.15, 0.2) is 24.3 Å². The molecular formula is C10H12FIO. The summed E-state index contributed by atoms with van der Waals surface area (Å²) in [7, 11) is 0. The van der Waals surface area contributed by atoms with Crippen LogP contribution < -0.4 is 0 Å². The fourth-order valence-corrected chi connectivity index (χ4v) is 1.90. The molecule has 1 aromatic rings. The Morgan fingerprint density at radius 1 is 1.54 bits per heavy atom. The van der Waals surface area contributed by atoms with Gasteiger partial charge in [0.15, 0.2) is 0 Å². The molecule has 0 aliphatic rings. The number of alkyl halides is 1. The maximum absolute atomic E-state index is 12.8. The van der Waals surface area contributed by atoms with Crippen molar-refractivity contribution in [2.75, 3.05) is 11.0 Å². The normalized spacial score (nSPS) is 12.8. The highest BCUT2D eigenvalue weighted by Crippen LogP contribution is 2.20. The summed E-state index contributed by atoms with van der Waals surface area (Å²) >= 11 is 2.24. The average molecular weight is 294 g/mol. The van der Waals surface area contributed by atoms with Crippen LogP contribution in [0.25, 0.3) is 0 Å². The van der Waals surface area contributed by atoms with Crippen molar-refractivity contribution in [2.24, 2.45) is 0 Å². The molecule has 0 bridgehead atoms. The number of benzene rings is 1. The number of hydrogen-bond acceptors (Lipinski definition) is 1. The SMILES string of the molecule is CCOC(CI)c1cccc(F)c1. The number of rotatable bonds is 4. The Hall–Kier alpha value is -0.160.